The van der Waals surface area contributed by atoms with Gasteiger partial charge in [-0.1, -0.05) is 11.6 Å². The normalized spacial score (nSPS) is 10.7. The summed E-state index contributed by atoms with van der Waals surface area (Å²) in [6.07, 6.45) is 3.69. The van der Waals surface area contributed by atoms with Crippen molar-refractivity contribution >= 4 is 34.5 Å². The van der Waals surface area contributed by atoms with Crippen molar-refractivity contribution in [3.05, 3.63) is 52.3 Å². The van der Waals surface area contributed by atoms with Crippen LogP contribution in [0.3, 0.4) is 0 Å². The molecule has 3 N–H and O–H groups in total. The van der Waals surface area contributed by atoms with E-state index in [0.29, 0.717) is 22.8 Å². The van der Waals surface area contributed by atoms with Gasteiger partial charge in [-0.2, -0.15) is 5.10 Å². The fourth-order valence-electron chi connectivity index (χ4n) is 2.12. The summed E-state index contributed by atoms with van der Waals surface area (Å²) in [5, 5.41) is 10.7. The van der Waals surface area contributed by atoms with Gasteiger partial charge in [-0.15, -0.1) is 11.3 Å². The lowest BCUT2D eigenvalue weighted by atomic mass is 10.1. The molecule has 3 aromatic rings. The number of carbonyl (C=O) groups is 1. The van der Waals surface area contributed by atoms with Gasteiger partial charge in [0.1, 0.15) is 5.01 Å². The number of carbonyl (C=O) groups excluding carboxylic acids is 1. The van der Waals surface area contributed by atoms with E-state index < -0.39 is 5.91 Å². The summed E-state index contributed by atoms with van der Waals surface area (Å²) in [6, 6.07) is 4.92. The number of thiazole rings is 1. The summed E-state index contributed by atoms with van der Waals surface area (Å²) < 4.78 is 1.74. The highest BCUT2D eigenvalue weighted by Crippen LogP contribution is 2.25. The zero-order valence-electron chi connectivity index (χ0n) is 12.3. The van der Waals surface area contributed by atoms with Crippen molar-refractivity contribution < 1.29 is 4.79 Å². The number of benzene rings is 1. The summed E-state index contributed by atoms with van der Waals surface area (Å²) in [5.41, 5.74) is 8.21. The summed E-state index contributed by atoms with van der Waals surface area (Å²) >= 11 is 7.52. The van der Waals surface area contributed by atoms with Crippen molar-refractivity contribution in [2.24, 2.45) is 12.8 Å². The fourth-order valence-corrected chi connectivity index (χ4v) is 3.08. The maximum absolute atomic E-state index is 11.5. The van der Waals surface area contributed by atoms with E-state index in [1.807, 2.05) is 18.6 Å². The predicted molar refractivity (Wildman–Crippen MR) is 91.6 cm³/mol. The zero-order chi connectivity index (χ0) is 16.4. The summed E-state index contributed by atoms with van der Waals surface area (Å²) in [4.78, 5) is 16.0. The lowest BCUT2D eigenvalue weighted by Crippen LogP contribution is -2.14. The molecular formula is C15H14ClN5OS. The van der Waals surface area contributed by atoms with Crippen LogP contribution in [0.25, 0.3) is 10.6 Å². The van der Waals surface area contributed by atoms with E-state index >= 15 is 0 Å². The van der Waals surface area contributed by atoms with Crippen molar-refractivity contribution in [2.45, 2.75) is 6.54 Å². The molecule has 2 heterocycles. The van der Waals surface area contributed by atoms with Crippen LogP contribution in [0.2, 0.25) is 5.02 Å². The van der Waals surface area contributed by atoms with Gasteiger partial charge in [0, 0.05) is 34.9 Å². The molecule has 0 radical (unpaired) electrons. The van der Waals surface area contributed by atoms with Gasteiger partial charge in [-0.3, -0.25) is 9.48 Å². The molecule has 0 aliphatic heterocycles. The Labute approximate surface area is 141 Å². The zero-order valence-corrected chi connectivity index (χ0v) is 13.9. The summed E-state index contributed by atoms with van der Waals surface area (Å²) in [5.74, 6) is -0.501. The number of amides is 1. The Hall–Kier alpha value is -2.38. The first-order chi connectivity index (χ1) is 11.0. The second-order valence-corrected chi connectivity index (χ2v) is 6.25. The number of nitrogens with two attached hydrogens (primary N) is 1. The Morgan fingerprint density at radius 2 is 2.30 bits per heavy atom. The van der Waals surface area contributed by atoms with E-state index in [1.165, 1.54) is 0 Å². The largest absolute Gasteiger partial charge is 0.379 e. The Kier molecular flexibility index (Phi) is 4.31. The van der Waals surface area contributed by atoms with E-state index in [0.717, 1.165) is 16.3 Å². The SMILES string of the molecule is Cn1cc(-c2nc(CNc3cc(Cl)ccc3C(N)=O)cs2)cn1. The molecule has 0 unspecified atom stereocenters. The van der Waals surface area contributed by atoms with Crippen LogP contribution >= 0.6 is 22.9 Å². The molecule has 0 saturated carbocycles. The first kappa shape index (κ1) is 15.5. The van der Waals surface area contributed by atoms with Crippen LogP contribution in [-0.2, 0) is 13.6 Å². The molecule has 23 heavy (non-hydrogen) atoms. The smallest absolute Gasteiger partial charge is 0.250 e. The van der Waals surface area contributed by atoms with Crippen LogP contribution in [0.4, 0.5) is 5.69 Å². The number of hydrogen-bond acceptors (Lipinski definition) is 5. The quantitative estimate of drug-likeness (QED) is 0.743. The molecule has 1 aromatic carbocycles. The van der Waals surface area contributed by atoms with Gasteiger partial charge < -0.3 is 11.1 Å². The molecule has 0 fully saturated rings. The van der Waals surface area contributed by atoms with Crippen molar-refractivity contribution in [2.75, 3.05) is 5.32 Å². The third-order valence-electron chi connectivity index (χ3n) is 3.21. The van der Waals surface area contributed by atoms with Crippen molar-refractivity contribution in [1.82, 2.24) is 14.8 Å². The average molecular weight is 348 g/mol. The molecule has 0 aliphatic carbocycles. The molecule has 6 nitrogen and oxygen atoms in total. The Balaban J connectivity index is 1.75. The molecule has 0 spiro atoms. The number of nitrogens with one attached hydrogen (secondary N) is 1. The van der Waals surface area contributed by atoms with Crippen LogP contribution in [0.15, 0.2) is 36.0 Å². The van der Waals surface area contributed by atoms with Gasteiger partial charge in [0.05, 0.1) is 24.0 Å². The molecule has 118 valence electrons. The first-order valence-corrected chi connectivity index (χ1v) is 8.05. The van der Waals surface area contributed by atoms with Gasteiger partial charge in [-0.25, -0.2) is 4.98 Å². The lowest BCUT2D eigenvalue weighted by molar-refractivity contribution is 0.100. The van der Waals surface area contributed by atoms with Crippen LogP contribution < -0.4 is 11.1 Å². The van der Waals surface area contributed by atoms with E-state index in [4.69, 9.17) is 17.3 Å². The highest BCUT2D eigenvalue weighted by Gasteiger charge is 2.10. The Bertz CT molecular complexity index is 857. The van der Waals surface area contributed by atoms with Gasteiger partial charge in [0.2, 0.25) is 0 Å². The molecule has 2 aromatic heterocycles. The number of primary amides is 1. The molecular weight excluding hydrogens is 334 g/mol. The van der Waals surface area contributed by atoms with Gasteiger partial charge in [0.25, 0.3) is 5.91 Å². The monoisotopic (exact) mass is 347 g/mol. The molecule has 1 amide bonds. The van der Waals surface area contributed by atoms with Crippen LogP contribution in [0.5, 0.6) is 0 Å². The minimum absolute atomic E-state index is 0.400. The van der Waals surface area contributed by atoms with E-state index in [-0.39, 0.29) is 0 Å². The third-order valence-corrected chi connectivity index (χ3v) is 4.39. The predicted octanol–water partition coefficient (Wildman–Crippen LogP) is 2.91. The number of rotatable bonds is 5. The Morgan fingerprint density at radius 1 is 1.48 bits per heavy atom. The van der Waals surface area contributed by atoms with Crippen LogP contribution in [0.1, 0.15) is 16.1 Å². The van der Waals surface area contributed by atoms with Gasteiger partial charge >= 0.3 is 0 Å². The fraction of sp³-hybridized carbons (Fsp3) is 0.133. The molecule has 0 saturated heterocycles. The lowest BCUT2D eigenvalue weighted by Gasteiger charge is -2.09. The summed E-state index contributed by atoms with van der Waals surface area (Å²) in [6.45, 7) is 0.470. The van der Waals surface area contributed by atoms with E-state index in [9.17, 15) is 4.79 Å². The molecule has 0 bridgehead atoms. The number of aryl methyl sites for hydroxylation is 1. The van der Waals surface area contributed by atoms with Gasteiger partial charge in [0.15, 0.2) is 0 Å². The standard InChI is InChI=1S/C15H14ClN5OS/c1-21-7-9(5-19-21)15-20-11(8-23-15)6-18-13-4-10(16)2-3-12(13)14(17)22/h2-5,7-8,18H,6H2,1H3,(H2,17,22). The molecule has 3 rings (SSSR count). The number of aromatic nitrogens is 3. The van der Waals surface area contributed by atoms with Crippen LogP contribution in [0, 0.1) is 0 Å². The average Bonchev–Trinajstić information content (AvgIpc) is 3.13. The van der Waals surface area contributed by atoms with Crippen LogP contribution in [-0.4, -0.2) is 20.7 Å². The highest BCUT2D eigenvalue weighted by atomic mass is 35.5. The van der Waals surface area contributed by atoms with Crippen molar-refractivity contribution in [3.63, 3.8) is 0 Å². The number of hydrogen-bond donors (Lipinski definition) is 2. The van der Waals surface area contributed by atoms with Gasteiger partial charge in [-0.05, 0) is 18.2 Å². The second-order valence-electron chi connectivity index (χ2n) is 4.95. The minimum Gasteiger partial charge on any atom is -0.379 e. The molecule has 0 atom stereocenters. The van der Waals surface area contributed by atoms with E-state index in [1.54, 1.807) is 40.4 Å². The number of anilines is 1. The first-order valence-electron chi connectivity index (χ1n) is 6.79. The topological polar surface area (TPSA) is 85.8 Å². The molecule has 0 aliphatic rings. The van der Waals surface area contributed by atoms with Crippen molar-refractivity contribution in [3.8, 4) is 10.6 Å². The maximum atomic E-state index is 11.5. The highest BCUT2D eigenvalue weighted by molar-refractivity contribution is 7.13. The summed E-state index contributed by atoms with van der Waals surface area (Å²) in [7, 11) is 1.87. The Morgan fingerprint density at radius 3 is 3.00 bits per heavy atom. The third kappa shape index (κ3) is 3.52. The second kappa shape index (κ2) is 6.39. The maximum Gasteiger partial charge on any atom is 0.250 e. The van der Waals surface area contributed by atoms with Crippen molar-refractivity contribution in [1.29, 1.82) is 0 Å². The minimum atomic E-state index is -0.501. The molecule has 8 heteroatoms. The number of halogens is 1. The van der Waals surface area contributed by atoms with E-state index in [2.05, 4.69) is 15.4 Å². The number of nitrogens with zero attached hydrogens (tertiary/aromatic N) is 3.